The molecule has 0 amide bonds. The van der Waals surface area contributed by atoms with E-state index in [2.05, 4.69) is 68.0 Å². The Morgan fingerprint density at radius 2 is 2.19 bits per heavy atom. The zero-order valence-electron chi connectivity index (χ0n) is 12.3. The maximum Gasteiger partial charge on any atom is 0.0766 e. The standard InChI is InChI=1S/C15H18BrClIN3/c1-4-12-15(16)14(21(3)20-12)8-13(19-2)9-5-6-11(18)10(17)7-9/h5-7,13,19H,4,8H2,1-3H3. The Balaban J connectivity index is 2.31. The van der Waals surface area contributed by atoms with Crippen LogP contribution < -0.4 is 5.32 Å². The second kappa shape index (κ2) is 7.44. The highest BCUT2D eigenvalue weighted by atomic mass is 127. The fraction of sp³-hybridized carbons (Fsp3) is 0.400. The number of nitrogens with one attached hydrogen (secondary N) is 1. The van der Waals surface area contributed by atoms with E-state index >= 15 is 0 Å². The van der Waals surface area contributed by atoms with Gasteiger partial charge in [-0.25, -0.2) is 0 Å². The van der Waals surface area contributed by atoms with E-state index in [0.717, 1.165) is 31.6 Å². The molecule has 0 spiro atoms. The lowest BCUT2D eigenvalue weighted by molar-refractivity contribution is 0.560. The van der Waals surface area contributed by atoms with Gasteiger partial charge in [0.15, 0.2) is 0 Å². The summed E-state index contributed by atoms with van der Waals surface area (Å²) in [7, 11) is 3.97. The van der Waals surface area contributed by atoms with E-state index in [1.54, 1.807) is 0 Å². The molecule has 0 saturated heterocycles. The molecular formula is C15H18BrClIN3. The van der Waals surface area contributed by atoms with Crippen molar-refractivity contribution in [1.29, 1.82) is 0 Å². The Labute approximate surface area is 152 Å². The summed E-state index contributed by atoms with van der Waals surface area (Å²) >= 11 is 12.2. The molecule has 0 fully saturated rings. The zero-order valence-corrected chi connectivity index (χ0v) is 16.8. The number of hydrogen-bond donors (Lipinski definition) is 1. The molecule has 0 saturated carbocycles. The summed E-state index contributed by atoms with van der Waals surface area (Å²) in [6.07, 6.45) is 1.78. The summed E-state index contributed by atoms with van der Waals surface area (Å²) in [6, 6.07) is 6.42. The molecule has 2 aromatic rings. The average molecular weight is 483 g/mol. The van der Waals surface area contributed by atoms with Gasteiger partial charge in [0.1, 0.15) is 0 Å². The third-order valence-corrected chi connectivity index (χ3v) is 6.08. The number of hydrogen-bond acceptors (Lipinski definition) is 2. The fourth-order valence-corrected chi connectivity index (χ4v) is 3.65. The van der Waals surface area contributed by atoms with Crippen molar-refractivity contribution in [2.45, 2.75) is 25.8 Å². The minimum atomic E-state index is 0.205. The molecule has 0 bridgehead atoms. The summed E-state index contributed by atoms with van der Waals surface area (Å²) in [6.45, 7) is 2.12. The van der Waals surface area contributed by atoms with Crippen molar-refractivity contribution < 1.29 is 0 Å². The van der Waals surface area contributed by atoms with E-state index in [-0.39, 0.29) is 6.04 Å². The Morgan fingerprint density at radius 1 is 1.48 bits per heavy atom. The van der Waals surface area contributed by atoms with Crippen LogP contribution in [-0.2, 0) is 19.9 Å². The SMILES string of the molecule is CCc1nn(C)c(CC(NC)c2ccc(I)c(Cl)c2)c1Br. The average Bonchev–Trinajstić information content (AvgIpc) is 2.74. The highest BCUT2D eigenvalue weighted by Gasteiger charge is 2.18. The molecule has 1 N–H and O–H groups in total. The van der Waals surface area contributed by atoms with Gasteiger partial charge in [-0.1, -0.05) is 24.6 Å². The third kappa shape index (κ3) is 3.81. The zero-order chi connectivity index (χ0) is 15.6. The number of likely N-dealkylation sites (N-methyl/N-ethyl adjacent to an activating group) is 1. The van der Waals surface area contributed by atoms with E-state index in [1.807, 2.05) is 24.8 Å². The van der Waals surface area contributed by atoms with Crippen LogP contribution in [0.15, 0.2) is 22.7 Å². The Bertz CT molecular complexity index is 642. The van der Waals surface area contributed by atoms with Gasteiger partial charge in [0.05, 0.1) is 20.9 Å². The number of rotatable bonds is 5. The van der Waals surface area contributed by atoms with Crippen molar-refractivity contribution in [2.75, 3.05) is 7.05 Å². The molecule has 0 aliphatic heterocycles. The minimum Gasteiger partial charge on any atom is -0.313 e. The third-order valence-electron chi connectivity index (χ3n) is 3.59. The summed E-state index contributed by atoms with van der Waals surface area (Å²) in [5.74, 6) is 0. The van der Waals surface area contributed by atoms with Gasteiger partial charge in [-0.2, -0.15) is 5.10 Å². The fourth-order valence-electron chi connectivity index (χ4n) is 2.35. The molecule has 21 heavy (non-hydrogen) atoms. The lowest BCUT2D eigenvalue weighted by Crippen LogP contribution is -2.20. The van der Waals surface area contributed by atoms with Crippen molar-refractivity contribution >= 4 is 50.1 Å². The summed E-state index contributed by atoms with van der Waals surface area (Å²) in [5, 5.41) is 8.73. The van der Waals surface area contributed by atoms with E-state index in [0.29, 0.717) is 0 Å². The van der Waals surface area contributed by atoms with Crippen LogP contribution in [0.1, 0.15) is 29.9 Å². The van der Waals surface area contributed by atoms with E-state index < -0.39 is 0 Å². The second-order valence-electron chi connectivity index (χ2n) is 4.90. The lowest BCUT2D eigenvalue weighted by Gasteiger charge is -2.18. The molecule has 1 atom stereocenters. The largest absolute Gasteiger partial charge is 0.313 e. The van der Waals surface area contributed by atoms with E-state index in [1.165, 1.54) is 11.3 Å². The molecule has 2 rings (SSSR count). The van der Waals surface area contributed by atoms with Crippen LogP contribution in [0.25, 0.3) is 0 Å². The highest BCUT2D eigenvalue weighted by Crippen LogP contribution is 2.29. The minimum absolute atomic E-state index is 0.205. The summed E-state index contributed by atoms with van der Waals surface area (Å²) in [5.41, 5.74) is 3.48. The molecule has 0 aliphatic rings. The molecule has 1 aromatic heterocycles. The number of benzene rings is 1. The van der Waals surface area contributed by atoms with Gasteiger partial charge in [-0.05, 0) is 69.7 Å². The van der Waals surface area contributed by atoms with Crippen LogP contribution in [0.4, 0.5) is 0 Å². The molecule has 1 aromatic carbocycles. The summed E-state index contributed by atoms with van der Waals surface area (Å²) < 4.78 is 4.15. The van der Waals surface area contributed by atoms with Crippen molar-refractivity contribution in [3.63, 3.8) is 0 Å². The molecule has 6 heteroatoms. The van der Waals surface area contributed by atoms with E-state index in [9.17, 15) is 0 Å². The molecule has 0 radical (unpaired) electrons. The van der Waals surface area contributed by atoms with Crippen LogP contribution in [-0.4, -0.2) is 16.8 Å². The van der Waals surface area contributed by atoms with Crippen LogP contribution in [0.5, 0.6) is 0 Å². The topological polar surface area (TPSA) is 29.9 Å². The predicted octanol–water partition coefficient (Wildman–Crippen LogP) is 4.51. The first kappa shape index (κ1) is 17.2. The quantitative estimate of drug-likeness (QED) is 0.636. The smallest absolute Gasteiger partial charge is 0.0766 e. The van der Waals surface area contributed by atoms with Crippen molar-refractivity contribution in [3.8, 4) is 0 Å². The van der Waals surface area contributed by atoms with Crippen LogP contribution in [0.3, 0.4) is 0 Å². The number of aromatic nitrogens is 2. The van der Waals surface area contributed by atoms with Gasteiger partial charge in [-0.3, -0.25) is 4.68 Å². The Morgan fingerprint density at radius 3 is 2.71 bits per heavy atom. The van der Waals surface area contributed by atoms with Crippen molar-refractivity contribution in [1.82, 2.24) is 15.1 Å². The molecule has 0 aliphatic carbocycles. The van der Waals surface area contributed by atoms with Crippen molar-refractivity contribution in [3.05, 3.63) is 48.2 Å². The van der Waals surface area contributed by atoms with Crippen molar-refractivity contribution in [2.24, 2.45) is 7.05 Å². The van der Waals surface area contributed by atoms with Crippen LogP contribution >= 0.6 is 50.1 Å². The van der Waals surface area contributed by atoms with Gasteiger partial charge in [0, 0.05) is 23.1 Å². The first-order valence-electron chi connectivity index (χ1n) is 6.80. The molecule has 1 heterocycles. The van der Waals surface area contributed by atoms with E-state index in [4.69, 9.17) is 11.6 Å². The maximum atomic E-state index is 6.24. The summed E-state index contributed by atoms with van der Waals surface area (Å²) in [4.78, 5) is 0. The Hall–Kier alpha value is -0.110. The molecule has 114 valence electrons. The number of halogens is 3. The van der Waals surface area contributed by atoms with Crippen LogP contribution in [0, 0.1) is 3.57 Å². The lowest BCUT2D eigenvalue weighted by atomic mass is 10.0. The number of nitrogens with zero attached hydrogens (tertiary/aromatic N) is 2. The Kier molecular flexibility index (Phi) is 6.11. The monoisotopic (exact) mass is 481 g/mol. The van der Waals surface area contributed by atoms with Gasteiger partial charge < -0.3 is 5.32 Å². The van der Waals surface area contributed by atoms with Gasteiger partial charge in [0.25, 0.3) is 0 Å². The van der Waals surface area contributed by atoms with Gasteiger partial charge in [0.2, 0.25) is 0 Å². The van der Waals surface area contributed by atoms with Gasteiger partial charge in [-0.15, -0.1) is 0 Å². The maximum absolute atomic E-state index is 6.24. The first-order chi connectivity index (χ1) is 9.97. The first-order valence-corrected chi connectivity index (χ1v) is 9.05. The predicted molar refractivity (Wildman–Crippen MR) is 100.0 cm³/mol. The molecule has 3 nitrogen and oxygen atoms in total. The van der Waals surface area contributed by atoms with Gasteiger partial charge >= 0.3 is 0 Å². The highest BCUT2D eigenvalue weighted by molar-refractivity contribution is 14.1. The molecule has 1 unspecified atom stereocenters. The van der Waals surface area contributed by atoms with Crippen LogP contribution in [0.2, 0.25) is 5.02 Å². The number of aryl methyl sites for hydroxylation is 2. The molecular weight excluding hydrogens is 464 g/mol. The second-order valence-corrected chi connectivity index (χ2v) is 7.27. The normalized spacial score (nSPS) is 12.7.